The first-order chi connectivity index (χ1) is 16.3. The van der Waals surface area contributed by atoms with E-state index >= 15 is 0 Å². The maximum atomic E-state index is 14.2. The van der Waals surface area contributed by atoms with Gasteiger partial charge in [-0.25, -0.2) is 8.42 Å². The molecule has 0 bridgehead atoms. The number of aromatic hydroxyl groups is 1. The molecule has 34 heavy (non-hydrogen) atoms. The molecule has 0 saturated heterocycles. The largest absolute Gasteiger partial charge is 0.508 e. The molecule has 0 amide bonds. The van der Waals surface area contributed by atoms with E-state index in [4.69, 9.17) is 10.5 Å². The molecule has 8 heteroatoms. The van der Waals surface area contributed by atoms with Gasteiger partial charge in [-0.3, -0.25) is 4.31 Å². The molecule has 2 aliphatic heterocycles. The molecule has 5 rings (SSSR count). The van der Waals surface area contributed by atoms with Crippen molar-refractivity contribution in [3.05, 3.63) is 111 Å². The van der Waals surface area contributed by atoms with Crippen molar-refractivity contribution in [3.8, 4) is 11.8 Å². The molecule has 1 unspecified atom stereocenters. The lowest BCUT2D eigenvalue weighted by Crippen LogP contribution is -2.39. The fraction of sp³-hybridized carbons (Fsp3) is 0.115. The molecule has 1 atom stereocenters. The van der Waals surface area contributed by atoms with Crippen LogP contribution in [0.2, 0.25) is 0 Å². The Morgan fingerprint density at radius 3 is 2.44 bits per heavy atom. The van der Waals surface area contributed by atoms with E-state index in [0.717, 1.165) is 11.1 Å². The van der Waals surface area contributed by atoms with Crippen LogP contribution in [0.25, 0.3) is 5.76 Å². The fourth-order valence-electron chi connectivity index (χ4n) is 4.42. The molecule has 7 nitrogen and oxygen atoms in total. The highest BCUT2D eigenvalue weighted by atomic mass is 32.2. The van der Waals surface area contributed by atoms with Crippen molar-refractivity contribution in [3.63, 3.8) is 0 Å². The average molecular weight is 472 g/mol. The third kappa shape index (κ3) is 3.29. The number of nitrogens with zero attached hydrogens (tertiary/aromatic N) is 2. The van der Waals surface area contributed by atoms with Gasteiger partial charge in [-0.15, -0.1) is 0 Å². The summed E-state index contributed by atoms with van der Waals surface area (Å²) in [7, 11) is -4.14. The number of rotatable bonds is 3. The molecular weight excluding hydrogens is 450 g/mol. The van der Waals surface area contributed by atoms with E-state index in [1.165, 1.54) is 16.4 Å². The van der Waals surface area contributed by atoms with Crippen LogP contribution >= 0.6 is 0 Å². The quantitative estimate of drug-likeness (QED) is 0.591. The molecule has 170 valence electrons. The van der Waals surface area contributed by atoms with Gasteiger partial charge >= 0.3 is 0 Å². The number of allylic oxidation sites excluding steroid dienone is 2. The van der Waals surface area contributed by atoms with E-state index in [0.29, 0.717) is 16.8 Å². The summed E-state index contributed by atoms with van der Waals surface area (Å²) in [6.45, 7) is 2.05. The third-order valence-electron chi connectivity index (χ3n) is 6.16. The van der Waals surface area contributed by atoms with Crippen molar-refractivity contribution in [1.82, 2.24) is 0 Å². The zero-order valence-corrected chi connectivity index (χ0v) is 19.1. The molecule has 0 radical (unpaired) electrons. The molecule has 2 aliphatic rings. The highest BCUT2D eigenvalue weighted by Crippen LogP contribution is 2.51. The number of fused-ring (bicyclic) bond motifs is 2. The van der Waals surface area contributed by atoms with Crippen LogP contribution in [0.15, 0.2) is 89.2 Å². The molecule has 3 N–H and O–H groups in total. The monoisotopic (exact) mass is 471 g/mol. The number of hydrogen-bond donors (Lipinski definition) is 2. The van der Waals surface area contributed by atoms with Gasteiger partial charge in [-0.2, -0.15) is 5.26 Å². The number of benzene rings is 3. The molecule has 3 aromatic carbocycles. The SMILES string of the molecule is Cc1ccccc1CN1c2ccccc2C2=C(C(c3ccc(O)cc3)C(C#N)=C(N)O2)S1(=O)=O. The van der Waals surface area contributed by atoms with Crippen LogP contribution in [0.5, 0.6) is 5.75 Å². The van der Waals surface area contributed by atoms with E-state index in [1.54, 1.807) is 36.4 Å². The number of phenols is 1. The second-order valence-electron chi connectivity index (χ2n) is 8.17. The molecule has 0 aliphatic carbocycles. The number of hydrogen-bond acceptors (Lipinski definition) is 6. The standard InChI is InChI=1S/C26H21N3O4S/c1-16-6-2-3-7-18(16)15-29-22-9-5-4-8-20(22)24-25(34(29,31)32)23(21(14-27)26(28)33-24)17-10-12-19(30)13-11-17/h2-13,23,30H,15,28H2,1H3. The van der Waals surface area contributed by atoms with Crippen LogP contribution in [0.4, 0.5) is 5.69 Å². The summed E-state index contributed by atoms with van der Waals surface area (Å²) in [5.74, 6) is -0.978. The van der Waals surface area contributed by atoms with Crippen molar-refractivity contribution >= 4 is 21.5 Å². The number of para-hydroxylation sites is 1. The van der Waals surface area contributed by atoms with Crippen molar-refractivity contribution < 1.29 is 18.3 Å². The van der Waals surface area contributed by atoms with Gasteiger partial charge < -0.3 is 15.6 Å². The highest BCUT2D eigenvalue weighted by molar-refractivity contribution is 7.96. The third-order valence-corrected chi connectivity index (χ3v) is 8.04. The predicted molar refractivity (Wildman–Crippen MR) is 128 cm³/mol. The molecule has 2 heterocycles. The molecule has 0 spiro atoms. The van der Waals surface area contributed by atoms with Gasteiger partial charge in [0.15, 0.2) is 5.76 Å². The summed E-state index contributed by atoms with van der Waals surface area (Å²) in [5.41, 5.74) is 9.50. The minimum Gasteiger partial charge on any atom is -0.508 e. The second-order valence-corrected chi connectivity index (χ2v) is 10.00. The van der Waals surface area contributed by atoms with Crippen LogP contribution in [-0.4, -0.2) is 13.5 Å². The zero-order valence-electron chi connectivity index (χ0n) is 18.3. The van der Waals surface area contributed by atoms with Gasteiger partial charge in [0.2, 0.25) is 5.88 Å². The molecule has 3 aromatic rings. The summed E-state index contributed by atoms with van der Waals surface area (Å²) >= 11 is 0. The summed E-state index contributed by atoms with van der Waals surface area (Å²) < 4.78 is 35.6. The summed E-state index contributed by atoms with van der Waals surface area (Å²) in [6.07, 6.45) is 0. The molecule has 0 fully saturated rings. The highest BCUT2D eigenvalue weighted by Gasteiger charge is 2.47. The Labute approximate surface area is 197 Å². The number of anilines is 1. The number of sulfonamides is 1. The van der Waals surface area contributed by atoms with Crippen molar-refractivity contribution in [2.75, 3.05) is 4.31 Å². The van der Waals surface area contributed by atoms with Crippen LogP contribution < -0.4 is 10.0 Å². The van der Waals surface area contributed by atoms with Gasteiger partial charge in [-0.05, 0) is 47.9 Å². The van der Waals surface area contributed by atoms with E-state index < -0.39 is 15.9 Å². The van der Waals surface area contributed by atoms with Gasteiger partial charge in [0.05, 0.1) is 18.2 Å². The number of nitrogens with two attached hydrogens (primary N) is 1. The van der Waals surface area contributed by atoms with Crippen LogP contribution in [-0.2, 0) is 21.3 Å². The first kappa shape index (κ1) is 21.6. The van der Waals surface area contributed by atoms with E-state index in [1.807, 2.05) is 37.3 Å². The van der Waals surface area contributed by atoms with E-state index in [9.17, 15) is 18.8 Å². The molecule has 0 saturated carbocycles. The van der Waals surface area contributed by atoms with Gasteiger partial charge in [0.1, 0.15) is 22.3 Å². The first-order valence-electron chi connectivity index (χ1n) is 10.6. The predicted octanol–water partition coefficient (Wildman–Crippen LogP) is 4.23. The minimum atomic E-state index is -4.14. The molecule has 0 aromatic heterocycles. The number of ether oxygens (including phenoxy) is 1. The fourth-order valence-corrected chi connectivity index (χ4v) is 6.32. The number of aryl methyl sites for hydroxylation is 1. The van der Waals surface area contributed by atoms with Crippen molar-refractivity contribution in [2.45, 2.75) is 19.4 Å². The number of phenolic OH excluding ortho intramolecular Hbond substituents is 1. The molecular formula is C26H21N3O4S. The zero-order chi connectivity index (χ0) is 24.0. The van der Waals surface area contributed by atoms with Gasteiger partial charge in [-0.1, -0.05) is 48.5 Å². The van der Waals surface area contributed by atoms with E-state index in [2.05, 4.69) is 0 Å². The van der Waals surface area contributed by atoms with Crippen LogP contribution in [0, 0.1) is 18.3 Å². The maximum absolute atomic E-state index is 14.2. The Bertz CT molecular complexity index is 1520. The van der Waals surface area contributed by atoms with Crippen molar-refractivity contribution in [1.29, 1.82) is 5.26 Å². The Hall–Kier alpha value is -4.22. The lowest BCUT2D eigenvalue weighted by atomic mass is 9.88. The van der Waals surface area contributed by atoms with Gasteiger partial charge in [0.25, 0.3) is 10.0 Å². The van der Waals surface area contributed by atoms with Crippen LogP contribution in [0.3, 0.4) is 0 Å². The summed E-state index contributed by atoms with van der Waals surface area (Å²) in [4.78, 5) is -0.0452. The Morgan fingerprint density at radius 2 is 1.74 bits per heavy atom. The summed E-state index contributed by atoms with van der Waals surface area (Å²) in [6, 6.07) is 22.8. The summed E-state index contributed by atoms with van der Waals surface area (Å²) in [5, 5.41) is 19.7. The number of nitriles is 1. The average Bonchev–Trinajstić information content (AvgIpc) is 2.82. The van der Waals surface area contributed by atoms with Gasteiger partial charge in [0, 0.05) is 5.56 Å². The first-order valence-corrected chi connectivity index (χ1v) is 12.0. The minimum absolute atomic E-state index is 0.00300. The lowest BCUT2D eigenvalue weighted by Gasteiger charge is -2.38. The van der Waals surface area contributed by atoms with Crippen molar-refractivity contribution in [2.24, 2.45) is 5.73 Å². The normalized spacial score (nSPS) is 18.6. The van der Waals surface area contributed by atoms with E-state index in [-0.39, 0.29) is 34.4 Å². The smallest absolute Gasteiger partial charge is 0.265 e. The Kier molecular flexibility index (Phi) is 5.07. The van der Waals surface area contributed by atoms with Crippen LogP contribution in [0.1, 0.15) is 28.2 Å². The second kappa shape index (κ2) is 7.97. The lowest BCUT2D eigenvalue weighted by molar-refractivity contribution is 0.357. The Morgan fingerprint density at radius 1 is 1.06 bits per heavy atom. The Balaban J connectivity index is 1.77. The topological polar surface area (TPSA) is 117 Å². The maximum Gasteiger partial charge on any atom is 0.265 e.